The normalized spacial score (nSPS) is 10.9. The topological polar surface area (TPSA) is 81.2 Å². The highest BCUT2D eigenvalue weighted by atomic mass is 16.2. The molecule has 0 aliphatic heterocycles. The van der Waals surface area contributed by atoms with Crippen LogP contribution in [0.5, 0.6) is 0 Å². The van der Waals surface area contributed by atoms with Crippen molar-refractivity contribution in [2.24, 2.45) is 11.7 Å². The molecule has 0 spiro atoms. The summed E-state index contributed by atoms with van der Waals surface area (Å²) in [6, 6.07) is 9.72. The third-order valence-electron chi connectivity index (χ3n) is 4.38. The Morgan fingerprint density at radius 1 is 1.23 bits per heavy atom. The molecule has 0 bridgehead atoms. The smallest absolute Gasteiger partial charge is 0.257 e. The third kappa shape index (κ3) is 5.44. The van der Waals surface area contributed by atoms with Gasteiger partial charge >= 0.3 is 0 Å². The number of hydrogen-bond donors (Lipinski definition) is 1. The van der Waals surface area contributed by atoms with Gasteiger partial charge in [0.2, 0.25) is 5.91 Å². The quantitative estimate of drug-likeness (QED) is 0.750. The van der Waals surface area contributed by atoms with Crippen LogP contribution in [-0.4, -0.2) is 33.0 Å². The molecular weight excluding hydrogens is 328 g/mol. The van der Waals surface area contributed by atoms with Crippen LogP contribution in [0.1, 0.15) is 48.3 Å². The number of benzene rings is 1. The molecule has 0 fully saturated rings. The average molecular weight is 356 g/mol. The van der Waals surface area contributed by atoms with Crippen molar-refractivity contribution >= 4 is 11.8 Å². The van der Waals surface area contributed by atoms with E-state index < -0.39 is 5.91 Å². The minimum absolute atomic E-state index is 0.122. The molecule has 0 unspecified atom stereocenters. The first-order valence-corrected chi connectivity index (χ1v) is 9.02. The first kappa shape index (κ1) is 19.7. The molecule has 1 aromatic heterocycles. The van der Waals surface area contributed by atoms with Gasteiger partial charge in [0.1, 0.15) is 0 Å². The van der Waals surface area contributed by atoms with E-state index in [1.165, 1.54) is 0 Å². The lowest BCUT2D eigenvalue weighted by molar-refractivity contribution is -0.118. The van der Waals surface area contributed by atoms with E-state index in [9.17, 15) is 9.59 Å². The second kappa shape index (κ2) is 9.17. The number of nitrogens with two attached hydrogens (primary N) is 1. The van der Waals surface area contributed by atoms with Crippen molar-refractivity contribution in [3.05, 3.63) is 53.3 Å². The Balaban J connectivity index is 2.18. The molecule has 6 heteroatoms. The highest BCUT2D eigenvalue weighted by molar-refractivity contribution is 5.95. The van der Waals surface area contributed by atoms with Crippen LogP contribution in [0.3, 0.4) is 0 Å². The lowest BCUT2D eigenvalue weighted by Crippen LogP contribution is -2.34. The number of carbonyl (C=O) groups is 2. The van der Waals surface area contributed by atoms with E-state index in [1.807, 2.05) is 41.9 Å². The average Bonchev–Trinajstić information content (AvgIpc) is 2.97. The lowest BCUT2D eigenvalue weighted by atomic mass is 10.1. The largest absolute Gasteiger partial charge is 0.370 e. The summed E-state index contributed by atoms with van der Waals surface area (Å²) >= 11 is 0. The van der Waals surface area contributed by atoms with E-state index in [-0.39, 0.29) is 12.3 Å². The van der Waals surface area contributed by atoms with Crippen LogP contribution in [0.4, 0.5) is 0 Å². The maximum absolute atomic E-state index is 13.1. The molecule has 2 amide bonds. The van der Waals surface area contributed by atoms with Crippen LogP contribution in [0, 0.1) is 12.8 Å². The summed E-state index contributed by atoms with van der Waals surface area (Å²) in [4.78, 5) is 25.9. The van der Waals surface area contributed by atoms with Crippen LogP contribution < -0.4 is 5.73 Å². The molecule has 26 heavy (non-hydrogen) atoms. The van der Waals surface area contributed by atoms with Crippen molar-refractivity contribution in [1.29, 1.82) is 0 Å². The molecule has 2 rings (SSSR count). The lowest BCUT2D eigenvalue weighted by Gasteiger charge is -2.22. The number of aromatic nitrogens is 2. The summed E-state index contributed by atoms with van der Waals surface area (Å²) in [6.45, 7) is 7.75. The molecular formula is C20H28N4O2. The van der Waals surface area contributed by atoms with E-state index in [0.29, 0.717) is 24.6 Å². The zero-order valence-electron chi connectivity index (χ0n) is 15.8. The second-order valence-corrected chi connectivity index (χ2v) is 6.98. The van der Waals surface area contributed by atoms with Crippen LogP contribution >= 0.6 is 0 Å². The van der Waals surface area contributed by atoms with E-state index in [0.717, 1.165) is 24.2 Å². The van der Waals surface area contributed by atoms with E-state index in [4.69, 9.17) is 5.73 Å². The Morgan fingerprint density at radius 2 is 1.92 bits per heavy atom. The molecule has 2 aromatic rings. The van der Waals surface area contributed by atoms with Gasteiger partial charge < -0.3 is 10.6 Å². The van der Waals surface area contributed by atoms with Gasteiger partial charge in [-0.05, 0) is 24.8 Å². The number of hydrogen-bond acceptors (Lipinski definition) is 3. The summed E-state index contributed by atoms with van der Waals surface area (Å²) < 4.78 is 1.88. The zero-order valence-corrected chi connectivity index (χ0v) is 15.8. The Labute approximate surface area is 155 Å². The Bertz CT molecular complexity index is 738. The van der Waals surface area contributed by atoms with Crippen LogP contribution in [-0.2, 0) is 17.9 Å². The Kier molecular flexibility index (Phi) is 6.95. The highest BCUT2D eigenvalue weighted by Crippen LogP contribution is 2.15. The minimum Gasteiger partial charge on any atom is -0.370 e. The van der Waals surface area contributed by atoms with Crippen LogP contribution in [0.2, 0.25) is 0 Å². The van der Waals surface area contributed by atoms with Crippen molar-refractivity contribution in [3.8, 4) is 0 Å². The standard InChI is InChI=1S/C20H28N4O2/c1-15(2)9-12-24-16(3)18(13-22-24)20(26)23(11-10-19(21)25)14-17-7-5-4-6-8-17/h4-8,13,15H,9-12,14H2,1-3H3,(H2,21,25). The molecule has 0 aliphatic rings. The molecule has 6 nitrogen and oxygen atoms in total. The van der Waals surface area contributed by atoms with E-state index in [1.54, 1.807) is 11.1 Å². The summed E-state index contributed by atoms with van der Waals surface area (Å²) in [5.74, 6) is 0.0338. The van der Waals surface area contributed by atoms with Crippen LogP contribution in [0.25, 0.3) is 0 Å². The van der Waals surface area contributed by atoms with Gasteiger partial charge in [-0.15, -0.1) is 0 Å². The van der Waals surface area contributed by atoms with Crippen LogP contribution in [0.15, 0.2) is 36.5 Å². The van der Waals surface area contributed by atoms with Gasteiger partial charge in [-0.25, -0.2) is 0 Å². The maximum atomic E-state index is 13.1. The molecule has 1 aromatic carbocycles. The van der Waals surface area contributed by atoms with Gasteiger partial charge in [-0.2, -0.15) is 5.10 Å². The summed E-state index contributed by atoms with van der Waals surface area (Å²) in [7, 11) is 0. The molecule has 0 saturated carbocycles. The minimum atomic E-state index is -0.416. The number of rotatable bonds is 9. The van der Waals surface area contributed by atoms with Gasteiger partial charge in [0.15, 0.2) is 0 Å². The van der Waals surface area contributed by atoms with Gasteiger partial charge in [-0.3, -0.25) is 14.3 Å². The van der Waals surface area contributed by atoms with Gasteiger partial charge in [0.25, 0.3) is 5.91 Å². The summed E-state index contributed by atoms with van der Waals surface area (Å²) in [6.07, 6.45) is 2.77. The molecule has 0 aliphatic carbocycles. The number of primary amides is 1. The third-order valence-corrected chi connectivity index (χ3v) is 4.38. The molecule has 2 N–H and O–H groups in total. The Hall–Kier alpha value is -2.63. The monoisotopic (exact) mass is 356 g/mol. The fraction of sp³-hybridized carbons (Fsp3) is 0.450. The predicted molar refractivity (Wildman–Crippen MR) is 101 cm³/mol. The predicted octanol–water partition coefficient (Wildman–Crippen LogP) is 2.76. The van der Waals surface area contributed by atoms with Gasteiger partial charge in [0, 0.05) is 31.7 Å². The second-order valence-electron chi connectivity index (χ2n) is 6.98. The van der Waals surface area contributed by atoms with E-state index in [2.05, 4.69) is 18.9 Å². The first-order chi connectivity index (χ1) is 12.4. The van der Waals surface area contributed by atoms with Crippen molar-refractivity contribution in [1.82, 2.24) is 14.7 Å². The maximum Gasteiger partial charge on any atom is 0.257 e. The van der Waals surface area contributed by atoms with Crippen molar-refractivity contribution in [3.63, 3.8) is 0 Å². The van der Waals surface area contributed by atoms with Gasteiger partial charge in [0.05, 0.1) is 11.8 Å². The van der Waals surface area contributed by atoms with Gasteiger partial charge in [-0.1, -0.05) is 44.2 Å². The number of carbonyl (C=O) groups excluding carboxylic acids is 2. The number of amides is 2. The SMILES string of the molecule is Cc1c(C(=O)N(CCC(N)=O)Cc2ccccc2)cnn1CCC(C)C. The van der Waals surface area contributed by atoms with Crippen molar-refractivity contribution < 1.29 is 9.59 Å². The molecule has 0 radical (unpaired) electrons. The fourth-order valence-corrected chi connectivity index (χ4v) is 2.73. The molecule has 0 atom stereocenters. The summed E-state index contributed by atoms with van der Waals surface area (Å²) in [5, 5.41) is 4.37. The van der Waals surface area contributed by atoms with Crippen molar-refractivity contribution in [2.45, 2.75) is 46.7 Å². The highest BCUT2D eigenvalue weighted by Gasteiger charge is 2.21. The zero-order chi connectivity index (χ0) is 19.1. The molecule has 0 saturated heterocycles. The first-order valence-electron chi connectivity index (χ1n) is 9.02. The fourth-order valence-electron chi connectivity index (χ4n) is 2.73. The van der Waals surface area contributed by atoms with E-state index >= 15 is 0 Å². The summed E-state index contributed by atoms with van der Waals surface area (Å²) in [5.41, 5.74) is 7.72. The number of aryl methyl sites for hydroxylation is 1. The molecule has 1 heterocycles. The molecule has 140 valence electrons. The number of nitrogens with zero attached hydrogens (tertiary/aromatic N) is 3. The Morgan fingerprint density at radius 3 is 2.54 bits per heavy atom. The van der Waals surface area contributed by atoms with Crippen molar-refractivity contribution in [2.75, 3.05) is 6.54 Å².